The van der Waals surface area contributed by atoms with E-state index in [2.05, 4.69) is 41.5 Å². The van der Waals surface area contributed by atoms with Crippen molar-refractivity contribution in [3.8, 4) is 0 Å². The van der Waals surface area contributed by atoms with Crippen molar-refractivity contribution in [2.24, 2.45) is 47.3 Å². The van der Waals surface area contributed by atoms with E-state index >= 15 is 0 Å². The normalized spacial score (nSPS) is 27.1. The minimum absolute atomic E-state index is 0.0855. The van der Waals surface area contributed by atoms with Gasteiger partial charge >= 0.3 is 0 Å². The van der Waals surface area contributed by atoms with E-state index in [1.807, 2.05) is 0 Å². The van der Waals surface area contributed by atoms with Crippen LogP contribution in [0, 0.1) is 47.3 Å². The third kappa shape index (κ3) is 11.1. The number of unbranched alkanes of at least 4 members (excludes halogenated alkanes) is 1. The Morgan fingerprint density at radius 2 is 1.37 bits per heavy atom. The molecule has 0 radical (unpaired) electrons. The smallest absolute Gasteiger partial charge is 0.0537 e. The Morgan fingerprint density at radius 3 is 1.97 bits per heavy atom. The summed E-state index contributed by atoms with van der Waals surface area (Å²) < 4.78 is 0. The lowest BCUT2D eigenvalue weighted by Gasteiger charge is -2.44. The largest absolute Gasteiger partial charge is 0.393 e. The van der Waals surface area contributed by atoms with Crippen LogP contribution in [0.5, 0.6) is 0 Å². The summed E-state index contributed by atoms with van der Waals surface area (Å²) in [5.74, 6) is 7.64. The molecule has 0 spiro atoms. The van der Waals surface area contributed by atoms with Gasteiger partial charge in [-0.05, 0) is 79.4 Å². The van der Waals surface area contributed by atoms with Gasteiger partial charge in [0.2, 0.25) is 0 Å². The van der Waals surface area contributed by atoms with Crippen molar-refractivity contribution < 1.29 is 5.11 Å². The first kappa shape index (κ1) is 34.2. The zero-order valence-corrected chi connectivity index (χ0v) is 27.2. The van der Waals surface area contributed by atoms with E-state index in [0.29, 0.717) is 0 Å². The second kappa shape index (κ2) is 19.9. The molecule has 226 valence electrons. The first-order valence-corrected chi connectivity index (χ1v) is 18.2. The fourth-order valence-electron chi connectivity index (χ4n) is 9.50. The lowest BCUT2D eigenvalue weighted by molar-refractivity contribution is 0.0618. The molecule has 7 unspecified atom stereocenters. The number of hydrogen-bond donors (Lipinski definition) is 1. The summed E-state index contributed by atoms with van der Waals surface area (Å²) in [5.41, 5.74) is 0. The van der Waals surface area contributed by atoms with Gasteiger partial charge in [0.05, 0.1) is 6.10 Å². The molecule has 0 amide bonds. The zero-order valence-electron chi connectivity index (χ0n) is 27.2. The second-order valence-corrected chi connectivity index (χ2v) is 14.1. The molecule has 0 aliphatic heterocycles. The van der Waals surface area contributed by atoms with Crippen LogP contribution in [0.2, 0.25) is 0 Å². The van der Waals surface area contributed by atoms with E-state index in [1.54, 1.807) is 0 Å². The summed E-state index contributed by atoms with van der Waals surface area (Å²) in [5, 5.41) is 10.3. The van der Waals surface area contributed by atoms with Crippen LogP contribution in [0.3, 0.4) is 0 Å². The van der Waals surface area contributed by atoms with Crippen LogP contribution < -0.4 is 0 Å². The van der Waals surface area contributed by atoms with Crippen LogP contribution in [0.4, 0.5) is 0 Å². The summed E-state index contributed by atoms with van der Waals surface area (Å²) in [7, 11) is 0. The topological polar surface area (TPSA) is 20.2 Å². The van der Waals surface area contributed by atoms with Gasteiger partial charge in [0.25, 0.3) is 0 Å². The predicted molar refractivity (Wildman–Crippen MR) is 170 cm³/mol. The summed E-state index contributed by atoms with van der Waals surface area (Å²) in [6.07, 6.45) is 30.6. The lowest BCUT2D eigenvalue weighted by atomic mass is 9.62. The highest BCUT2D eigenvalue weighted by atomic mass is 16.3. The molecule has 2 fully saturated rings. The van der Waals surface area contributed by atoms with E-state index < -0.39 is 0 Å². The molecule has 2 aliphatic rings. The summed E-state index contributed by atoms with van der Waals surface area (Å²) in [4.78, 5) is 0. The van der Waals surface area contributed by atoms with Crippen LogP contribution in [0.15, 0.2) is 0 Å². The highest BCUT2D eigenvalue weighted by Crippen LogP contribution is 2.47. The van der Waals surface area contributed by atoms with Crippen molar-refractivity contribution in [2.75, 3.05) is 0 Å². The quantitative estimate of drug-likeness (QED) is 0.165. The highest BCUT2D eigenvalue weighted by molar-refractivity contribution is 4.88. The zero-order chi connectivity index (χ0) is 27.8. The van der Waals surface area contributed by atoms with Crippen molar-refractivity contribution in [1.29, 1.82) is 0 Å². The number of hydrogen-bond acceptors (Lipinski definition) is 1. The van der Waals surface area contributed by atoms with Crippen LogP contribution in [-0.2, 0) is 0 Å². The Labute approximate surface area is 241 Å². The number of aliphatic hydroxyl groups excluding tert-OH is 1. The maximum atomic E-state index is 10.3. The average molecular weight is 533 g/mol. The molecule has 0 aromatic heterocycles. The summed E-state index contributed by atoms with van der Waals surface area (Å²) in [6, 6.07) is 0. The monoisotopic (exact) mass is 533 g/mol. The molecule has 0 saturated heterocycles. The number of rotatable bonds is 20. The van der Waals surface area contributed by atoms with Crippen LogP contribution in [0.25, 0.3) is 0 Å². The Hall–Kier alpha value is -0.0400. The molecule has 2 saturated carbocycles. The molecule has 2 aliphatic carbocycles. The van der Waals surface area contributed by atoms with Gasteiger partial charge in [-0.25, -0.2) is 0 Å². The van der Waals surface area contributed by atoms with Gasteiger partial charge in [-0.1, -0.05) is 151 Å². The third-order valence-corrected chi connectivity index (χ3v) is 11.8. The van der Waals surface area contributed by atoms with Crippen molar-refractivity contribution >= 4 is 0 Å². The first-order chi connectivity index (χ1) is 18.5. The van der Waals surface area contributed by atoms with Crippen LogP contribution >= 0.6 is 0 Å². The van der Waals surface area contributed by atoms with Crippen molar-refractivity contribution in [2.45, 2.75) is 189 Å². The minimum atomic E-state index is -0.0855. The van der Waals surface area contributed by atoms with E-state index in [1.165, 1.54) is 128 Å². The molecular weight excluding hydrogens is 460 g/mol. The molecular formula is C37H72O. The molecule has 0 aromatic carbocycles. The van der Waals surface area contributed by atoms with Gasteiger partial charge in [0, 0.05) is 0 Å². The predicted octanol–water partition coefficient (Wildman–Crippen LogP) is 12.0. The molecule has 0 aromatic rings. The van der Waals surface area contributed by atoms with E-state index in [9.17, 15) is 5.11 Å². The molecule has 0 heterocycles. The molecule has 8 atom stereocenters. The molecule has 2 rings (SSSR count). The van der Waals surface area contributed by atoms with E-state index in [-0.39, 0.29) is 6.10 Å². The Kier molecular flexibility index (Phi) is 17.9. The standard InChI is InChI=1S/C37H72O/c1-7-13-19-32(22-17-23-34(38)10-4)35(11-5)37(36(12-6)33-20-15-14-16-21-33)27-25-29-24-26-31(18-8-2)30(9-3)28-29/h29-38H,7-28H2,1-6H3/t29?,30?,31?,32-,34?,35?,36?,37?/m1/s1. The number of aliphatic hydroxyl groups is 1. The van der Waals surface area contributed by atoms with Gasteiger partial charge in [0.15, 0.2) is 0 Å². The van der Waals surface area contributed by atoms with Gasteiger partial charge in [-0.3, -0.25) is 0 Å². The van der Waals surface area contributed by atoms with E-state index in [4.69, 9.17) is 0 Å². The maximum absolute atomic E-state index is 10.3. The minimum Gasteiger partial charge on any atom is -0.393 e. The molecule has 1 N–H and O–H groups in total. The Balaban J connectivity index is 2.19. The maximum Gasteiger partial charge on any atom is 0.0537 e. The third-order valence-electron chi connectivity index (χ3n) is 11.8. The highest BCUT2D eigenvalue weighted by Gasteiger charge is 2.37. The first-order valence-electron chi connectivity index (χ1n) is 18.2. The van der Waals surface area contributed by atoms with Gasteiger partial charge in [-0.2, -0.15) is 0 Å². The van der Waals surface area contributed by atoms with Crippen LogP contribution in [0.1, 0.15) is 183 Å². The van der Waals surface area contributed by atoms with Crippen LogP contribution in [-0.4, -0.2) is 11.2 Å². The van der Waals surface area contributed by atoms with Gasteiger partial charge in [-0.15, -0.1) is 0 Å². The van der Waals surface area contributed by atoms with Crippen molar-refractivity contribution in [3.63, 3.8) is 0 Å². The SMILES string of the molecule is CCCC[C@H](CCCC(O)CC)C(CC)C(CCC1CCC(CCC)C(CC)C1)C(CC)C1CCCCC1. The van der Waals surface area contributed by atoms with E-state index in [0.717, 1.165) is 60.2 Å². The van der Waals surface area contributed by atoms with Gasteiger partial charge in [0.1, 0.15) is 0 Å². The molecule has 1 nitrogen and oxygen atoms in total. The van der Waals surface area contributed by atoms with Crippen molar-refractivity contribution in [3.05, 3.63) is 0 Å². The summed E-state index contributed by atoms with van der Waals surface area (Å²) in [6.45, 7) is 14.5. The van der Waals surface area contributed by atoms with Gasteiger partial charge < -0.3 is 5.11 Å². The Morgan fingerprint density at radius 1 is 0.632 bits per heavy atom. The molecule has 0 bridgehead atoms. The molecule has 38 heavy (non-hydrogen) atoms. The molecule has 1 heteroatoms. The Bertz CT molecular complexity index is 551. The van der Waals surface area contributed by atoms with Crippen molar-refractivity contribution in [1.82, 2.24) is 0 Å². The summed E-state index contributed by atoms with van der Waals surface area (Å²) >= 11 is 0. The second-order valence-electron chi connectivity index (χ2n) is 14.1. The fourth-order valence-corrected chi connectivity index (χ4v) is 9.50. The average Bonchev–Trinajstić information content (AvgIpc) is 2.95. The fraction of sp³-hybridized carbons (Fsp3) is 1.00. The lowest BCUT2D eigenvalue weighted by Crippen LogP contribution is -2.35.